The first-order chi connectivity index (χ1) is 13.0. The monoisotopic (exact) mass is 368 g/mol. The molecule has 0 aromatic heterocycles. The number of amides is 2. The van der Waals surface area contributed by atoms with Gasteiger partial charge >= 0.3 is 0 Å². The van der Waals surface area contributed by atoms with Crippen LogP contribution in [-0.4, -0.2) is 29.9 Å². The van der Waals surface area contributed by atoms with Crippen molar-refractivity contribution in [2.45, 2.75) is 20.3 Å². The van der Waals surface area contributed by atoms with Gasteiger partial charge in [0.25, 0.3) is 11.8 Å². The Morgan fingerprint density at radius 3 is 2.41 bits per heavy atom. The van der Waals surface area contributed by atoms with E-state index < -0.39 is 11.7 Å². The van der Waals surface area contributed by atoms with Crippen LogP contribution in [0.2, 0.25) is 0 Å². The molecule has 0 saturated carbocycles. The van der Waals surface area contributed by atoms with E-state index in [-0.39, 0.29) is 23.7 Å². The van der Waals surface area contributed by atoms with Gasteiger partial charge in [-0.25, -0.2) is 4.39 Å². The molecule has 0 spiro atoms. The zero-order chi connectivity index (χ0) is 19.4. The van der Waals surface area contributed by atoms with Crippen molar-refractivity contribution in [3.63, 3.8) is 0 Å². The normalized spacial score (nSPS) is 14.1. The largest absolute Gasteiger partial charge is 0.494 e. The predicted molar refractivity (Wildman–Crippen MR) is 102 cm³/mol. The zero-order valence-corrected chi connectivity index (χ0v) is 15.3. The fourth-order valence-electron chi connectivity index (χ4n) is 2.90. The molecule has 0 radical (unpaired) electrons. The SMILES string of the molecule is CCCOc1ccc(C2=C(Nc3cccc(F)c3)C(=O)N(CC)C2=O)cc1. The standard InChI is InChI=1S/C21H21FN2O3/c1-3-12-27-17-10-8-14(9-11-17)18-19(21(26)24(4-2)20(18)25)23-16-7-5-6-15(22)13-16/h5-11,13,23H,3-4,12H2,1-2H3. The summed E-state index contributed by atoms with van der Waals surface area (Å²) in [4.78, 5) is 26.6. The van der Waals surface area contributed by atoms with Crippen molar-refractivity contribution >= 4 is 23.1 Å². The lowest BCUT2D eigenvalue weighted by Crippen LogP contribution is -2.32. The highest BCUT2D eigenvalue weighted by atomic mass is 19.1. The quantitative estimate of drug-likeness (QED) is 0.755. The molecule has 2 aromatic rings. The Bertz CT molecular complexity index is 891. The average Bonchev–Trinajstić information content (AvgIpc) is 2.90. The van der Waals surface area contributed by atoms with Crippen LogP contribution in [0.3, 0.4) is 0 Å². The molecule has 3 rings (SSSR count). The van der Waals surface area contributed by atoms with Crippen molar-refractivity contribution in [2.24, 2.45) is 0 Å². The molecule has 2 aromatic carbocycles. The predicted octanol–water partition coefficient (Wildman–Crippen LogP) is 3.83. The van der Waals surface area contributed by atoms with E-state index in [0.717, 1.165) is 6.42 Å². The second-order valence-corrected chi connectivity index (χ2v) is 6.11. The third kappa shape index (κ3) is 3.84. The summed E-state index contributed by atoms with van der Waals surface area (Å²) in [6.07, 6.45) is 0.896. The number of rotatable bonds is 7. The van der Waals surface area contributed by atoms with Gasteiger partial charge in [-0.1, -0.05) is 25.1 Å². The fraction of sp³-hybridized carbons (Fsp3) is 0.238. The molecule has 1 heterocycles. The van der Waals surface area contributed by atoms with Gasteiger partial charge in [0.15, 0.2) is 0 Å². The zero-order valence-electron chi connectivity index (χ0n) is 15.3. The van der Waals surface area contributed by atoms with E-state index in [1.165, 1.54) is 23.1 Å². The van der Waals surface area contributed by atoms with Crippen molar-refractivity contribution in [3.05, 3.63) is 65.6 Å². The number of imide groups is 1. The maximum absolute atomic E-state index is 13.5. The first-order valence-electron chi connectivity index (χ1n) is 8.91. The lowest BCUT2D eigenvalue weighted by atomic mass is 10.0. The van der Waals surface area contributed by atoms with Crippen LogP contribution in [0.15, 0.2) is 54.2 Å². The van der Waals surface area contributed by atoms with Gasteiger partial charge in [0.1, 0.15) is 17.3 Å². The van der Waals surface area contributed by atoms with Crippen molar-refractivity contribution in [2.75, 3.05) is 18.5 Å². The van der Waals surface area contributed by atoms with Gasteiger partial charge in [0, 0.05) is 12.2 Å². The lowest BCUT2D eigenvalue weighted by Gasteiger charge is -2.12. The van der Waals surface area contributed by atoms with E-state index in [1.54, 1.807) is 37.3 Å². The second kappa shape index (κ2) is 8.03. The molecule has 0 aliphatic carbocycles. The van der Waals surface area contributed by atoms with Crippen molar-refractivity contribution in [1.29, 1.82) is 0 Å². The van der Waals surface area contributed by atoms with Crippen LogP contribution in [0.4, 0.5) is 10.1 Å². The maximum Gasteiger partial charge on any atom is 0.278 e. The van der Waals surface area contributed by atoms with Crippen molar-refractivity contribution < 1.29 is 18.7 Å². The Balaban J connectivity index is 1.99. The summed E-state index contributed by atoms with van der Waals surface area (Å²) in [5.74, 6) is -0.523. The first-order valence-corrected chi connectivity index (χ1v) is 8.91. The molecule has 5 nitrogen and oxygen atoms in total. The number of carbonyl (C=O) groups excluding carboxylic acids is 2. The second-order valence-electron chi connectivity index (χ2n) is 6.11. The Morgan fingerprint density at radius 1 is 1.04 bits per heavy atom. The van der Waals surface area contributed by atoms with Crippen LogP contribution in [0.25, 0.3) is 5.57 Å². The van der Waals surface area contributed by atoms with Crippen LogP contribution >= 0.6 is 0 Å². The average molecular weight is 368 g/mol. The summed E-state index contributed by atoms with van der Waals surface area (Å²) in [5, 5.41) is 2.92. The summed E-state index contributed by atoms with van der Waals surface area (Å²) in [5.41, 5.74) is 1.43. The first kappa shape index (κ1) is 18.6. The summed E-state index contributed by atoms with van der Waals surface area (Å²) < 4.78 is 19.1. The highest BCUT2D eigenvalue weighted by Gasteiger charge is 2.38. The number of carbonyl (C=O) groups is 2. The topological polar surface area (TPSA) is 58.6 Å². The molecule has 0 bridgehead atoms. The maximum atomic E-state index is 13.5. The molecule has 0 saturated heterocycles. The molecule has 27 heavy (non-hydrogen) atoms. The van der Waals surface area contributed by atoms with Gasteiger partial charge in [-0.2, -0.15) is 0 Å². The van der Waals surface area contributed by atoms with Gasteiger partial charge in [-0.3, -0.25) is 14.5 Å². The molecule has 0 atom stereocenters. The van der Waals surface area contributed by atoms with Crippen LogP contribution in [0.1, 0.15) is 25.8 Å². The summed E-state index contributed by atoms with van der Waals surface area (Å²) >= 11 is 0. The van der Waals surface area contributed by atoms with Crippen LogP contribution in [0, 0.1) is 5.82 Å². The van der Waals surface area contributed by atoms with E-state index in [9.17, 15) is 14.0 Å². The van der Waals surface area contributed by atoms with Crippen molar-refractivity contribution in [3.8, 4) is 5.75 Å². The van der Waals surface area contributed by atoms with Gasteiger partial charge in [-0.15, -0.1) is 0 Å². The van der Waals surface area contributed by atoms with Crippen molar-refractivity contribution in [1.82, 2.24) is 4.90 Å². The number of hydrogen-bond donors (Lipinski definition) is 1. The Morgan fingerprint density at radius 2 is 1.78 bits per heavy atom. The third-order valence-electron chi connectivity index (χ3n) is 4.19. The molecular formula is C21H21FN2O3. The number of ether oxygens (including phenoxy) is 1. The molecule has 6 heteroatoms. The number of benzene rings is 2. The molecule has 1 N–H and O–H groups in total. The Hall–Kier alpha value is -3.15. The minimum atomic E-state index is -0.427. The van der Waals surface area contributed by atoms with E-state index in [0.29, 0.717) is 23.6 Å². The van der Waals surface area contributed by atoms with Gasteiger partial charge in [-0.05, 0) is 49.2 Å². The highest BCUT2D eigenvalue weighted by Crippen LogP contribution is 2.31. The number of likely N-dealkylation sites (N-methyl/N-ethyl adjacent to an activating group) is 1. The molecule has 0 unspecified atom stereocenters. The molecular weight excluding hydrogens is 347 g/mol. The Kier molecular flexibility index (Phi) is 5.54. The highest BCUT2D eigenvalue weighted by molar-refractivity contribution is 6.36. The third-order valence-corrected chi connectivity index (χ3v) is 4.19. The number of nitrogens with zero attached hydrogens (tertiary/aromatic N) is 1. The number of hydrogen-bond acceptors (Lipinski definition) is 4. The molecule has 0 fully saturated rings. The van der Waals surface area contributed by atoms with E-state index >= 15 is 0 Å². The summed E-state index contributed by atoms with van der Waals surface area (Å²) in [7, 11) is 0. The Labute approximate surface area is 157 Å². The molecule has 1 aliphatic rings. The fourth-order valence-corrected chi connectivity index (χ4v) is 2.90. The van der Waals surface area contributed by atoms with Crippen LogP contribution < -0.4 is 10.1 Å². The van der Waals surface area contributed by atoms with Gasteiger partial charge in [0.2, 0.25) is 0 Å². The van der Waals surface area contributed by atoms with E-state index in [2.05, 4.69) is 5.32 Å². The molecule has 140 valence electrons. The number of nitrogens with one attached hydrogen (secondary N) is 1. The summed E-state index contributed by atoms with van der Waals surface area (Å²) in [6.45, 7) is 4.62. The molecule has 2 amide bonds. The smallest absolute Gasteiger partial charge is 0.278 e. The lowest BCUT2D eigenvalue weighted by molar-refractivity contribution is -0.136. The van der Waals surface area contributed by atoms with E-state index in [1.807, 2.05) is 6.92 Å². The van der Waals surface area contributed by atoms with Crippen LogP contribution in [-0.2, 0) is 9.59 Å². The summed E-state index contributed by atoms with van der Waals surface area (Å²) in [6, 6.07) is 12.8. The van der Waals surface area contributed by atoms with Crippen LogP contribution in [0.5, 0.6) is 5.75 Å². The van der Waals surface area contributed by atoms with Gasteiger partial charge in [0.05, 0.1) is 12.2 Å². The number of anilines is 1. The molecule has 1 aliphatic heterocycles. The minimum Gasteiger partial charge on any atom is -0.494 e. The number of halogens is 1. The minimum absolute atomic E-state index is 0.148. The van der Waals surface area contributed by atoms with Gasteiger partial charge < -0.3 is 10.1 Å². The van der Waals surface area contributed by atoms with E-state index in [4.69, 9.17) is 4.74 Å².